The first-order chi connectivity index (χ1) is 15.1. The second kappa shape index (κ2) is 11.2. The van der Waals surface area contributed by atoms with Gasteiger partial charge in [-0.15, -0.1) is 0 Å². The Morgan fingerprint density at radius 3 is 2.52 bits per heavy atom. The van der Waals surface area contributed by atoms with E-state index in [1.54, 1.807) is 19.2 Å². The number of nitrogens with one attached hydrogen (secondary N) is 2. The average Bonchev–Trinajstić information content (AvgIpc) is 3.17. The standard InChI is InChI=1S/C24H30N4O3/c1-25-24(26-15-19-8-10-21(11-9-19)23(30)31-2)27-16-20-14-22(29)28(17-20)13-12-18-6-4-3-5-7-18/h3-11,20H,12-17H2,1-2H3,(H2,25,26,27). The molecule has 7 nitrogen and oxygen atoms in total. The molecule has 31 heavy (non-hydrogen) atoms. The summed E-state index contributed by atoms with van der Waals surface area (Å²) in [5, 5.41) is 6.59. The van der Waals surface area contributed by atoms with Crippen LogP contribution in [0.2, 0.25) is 0 Å². The summed E-state index contributed by atoms with van der Waals surface area (Å²) in [6, 6.07) is 17.5. The molecule has 1 aliphatic heterocycles. The molecule has 1 fully saturated rings. The number of esters is 1. The van der Waals surface area contributed by atoms with Gasteiger partial charge in [-0.3, -0.25) is 9.79 Å². The molecule has 0 saturated carbocycles. The second-order valence-corrected chi connectivity index (χ2v) is 7.64. The summed E-state index contributed by atoms with van der Waals surface area (Å²) in [6.45, 7) is 2.79. The number of benzene rings is 2. The van der Waals surface area contributed by atoms with Crippen molar-refractivity contribution in [2.24, 2.45) is 10.9 Å². The number of methoxy groups -OCH3 is 1. The molecule has 164 valence electrons. The first kappa shape index (κ1) is 22.3. The van der Waals surface area contributed by atoms with Crippen LogP contribution in [0.25, 0.3) is 0 Å². The predicted molar refractivity (Wildman–Crippen MR) is 121 cm³/mol. The van der Waals surface area contributed by atoms with Crippen molar-refractivity contribution in [3.8, 4) is 0 Å². The van der Waals surface area contributed by atoms with Crippen molar-refractivity contribution in [1.29, 1.82) is 0 Å². The topological polar surface area (TPSA) is 83.0 Å². The molecule has 1 unspecified atom stereocenters. The van der Waals surface area contributed by atoms with E-state index in [-0.39, 0.29) is 17.8 Å². The van der Waals surface area contributed by atoms with E-state index in [1.165, 1.54) is 12.7 Å². The van der Waals surface area contributed by atoms with Gasteiger partial charge in [0, 0.05) is 45.6 Å². The van der Waals surface area contributed by atoms with Crippen LogP contribution in [-0.4, -0.2) is 56.5 Å². The maximum Gasteiger partial charge on any atom is 0.337 e. The minimum absolute atomic E-state index is 0.219. The molecule has 7 heteroatoms. The summed E-state index contributed by atoms with van der Waals surface area (Å²) in [5.74, 6) is 0.825. The van der Waals surface area contributed by atoms with Gasteiger partial charge in [-0.1, -0.05) is 42.5 Å². The summed E-state index contributed by atoms with van der Waals surface area (Å²) in [7, 11) is 3.09. The van der Waals surface area contributed by atoms with Gasteiger partial charge in [0.1, 0.15) is 0 Å². The Morgan fingerprint density at radius 1 is 1.10 bits per heavy atom. The quantitative estimate of drug-likeness (QED) is 0.387. The number of likely N-dealkylation sites (tertiary alicyclic amines) is 1. The van der Waals surface area contributed by atoms with Crippen molar-refractivity contribution in [3.63, 3.8) is 0 Å². The monoisotopic (exact) mass is 422 g/mol. The molecule has 0 spiro atoms. The van der Waals surface area contributed by atoms with Crippen molar-refractivity contribution in [1.82, 2.24) is 15.5 Å². The lowest BCUT2D eigenvalue weighted by atomic mass is 10.1. The van der Waals surface area contributed by atoms with Gasteiger partial charge in [-0.25, -0.2) is 4.79 Å². The van der Waals surface area contributed by atoms with Gasteiger partial charge in [0.15, 0.2) is 5.96 Å². The third-order valence-corrected chi connectivity index (χ3v) is 5.42. The van der Waals surface area contributed by atoms with Crippen LogP contribution in [0.15, 0.2) is 59.6 Å². The zero-order valence-corrected chi connectivity index (χ0v) is 18.1. The van der Waals surface area contributed by atoms with Gasteiger partial charge in [0.2, 0.25) is 5.91 Å². The largest absolute Gasteiger partial charge is 0.465 e. The SMILES string of the molecule is CN=C(NCc1ccc(C(=O)OC)cc1)NCC1CC(=O)N(CCc2ccccc2)C1. The highest BCUT2D eigenvalue weighted by atomic mass is 16.5. The van der Waals surface area contributed by atoms with Crippen LogP contribution in [0.5, 0.6) is 0 Å². The zero-order valence-electron chi connectivity index (χ0n) is 18.1. The fourth-order valence-electron chi connectivity index (χ4n) is 3.64. The Labute approximate surface area is 183 Å². The van der Waals surface area contributed by atoms with Gasteiger partial charge in [-0.05, 0) is 29.7 Å². The normalized spacial score (nSPS) is 16.3. The van der Waals surface area contributed by atoms with Crippen molar-refractivity contribution in [2.45, 2.75) is 19.4 Å². The van der Waals surface area contributed by atoms with Gasteiger partial charge in [0.25, 0.3) is 0 Å². The number of nitrogens with zero attached hydrogens (tertiary/aromatic N) is 2. The van der Waals surface area contributed by atoms with Crippen molar-refractivity contribution in [2.75, 3.05) is 33.8 Å². The van der Waals surface area contributed by atoms with Crippen molar-refractivity contribution >= 4 is 17.8 Å². The second-order valence-electron chi connectivity index (χ2n) is 7.64. The van der Waals surface area contributed by atoms with Crippen LogP contribution < -0.4 is 10.6 Å². The summed E-state index contributed by atoms with van der Waals surface area (Å²) < 4.78 is 4.71. The first-order valence-corrected chi connectivity index (χ1v) is 10.5. The number of hydrogen-bond donors (Lipinski definition) is 2. The highest BCUT2D eigenvalue weighted by molar-refractivity contribution is 5.89. The molecule has 2 N–H and O–H groups in total. The van der Waals surface area contributed by atoms with E-state index >= 15 is 0 Å². The maximum atomic E-state index is 12.3. The molecule has 1 saturated heterocycles. The molecule has 0 aromatic heterocycles. The molecule has 0 bridgehead atoms. The van der Waals surface area contributed by atoms with Crippen LogP contribution in [-0.2, 0) is 22.5 Å². The molecule has 0 radical (unpaired) electrons. The number of hydrogen-bond acceptors (Lipinski definition) is 4. The lowest BCUT2D eigenvalue weighted by molar-refractivity contribution is -0.127. The number of guanidine groups is 1. The summed E-state index contributed by atoms with van der Waals surface area (Å²) in [5.41, 5.74) is 2.80. The minimum Gasteiger partial charge on any atom is -0.465 e. The number of amides is 1. The lowest BCUT2D eigenvalue weighted by Gasteiger charge is -2.18. The van der Waals surface area contributed by atoms with Gasteiger partial charge < -0.3 is 20.3 Å². The molecule has 2 aromatic carbocycles. The van der Waals surface area contributed by atoms with E-state index in [0.29, 0.717) is 31.0 Å². The zero-order chi connectivity index (χ0) is 22.1. The predicted octanol–water partition coefficient (Wildman–Crippen LogP) is 2.23. The van der Waals surface area contributed by atoms with Gasteiger partial charge in [-0.2, -0.15) is 0 Å². The number of carbonyl (C=O) groups is 2. The van der Waals surface area contributed by atoms with E-state index in [0.717, 1.165) is 25.1 Å². The third kappa shape index (κ3) is 6.57. The number of rotatable bonds is 8. The van der Waals surface area contributed by atoms with E-state index in [4.69, 9.17) is 4.74 Å². The lowest BCUT2D eigenvalue weighted by Crippen LogP contribution is -2.40. The molecule has 2 aromatic rings. The molecular weight excluding hydrogens is 392 g/mol. The van der Waals surface area contributed by atoms with Crippen LogP contribution in [0.1, 0.15) is 27.9 Å². The number of aliphatic imine (C=N–C) groups is 1. The van der Waals surface area contributed by atoms with E-state index in [2.05, 4.69) is 27.8 Å². The molecule has 1 heterocycles. The Bertz CT molecular complexity index is 897. The first-order valence-electron chi connectivity index (χ1n) is 10.5. The fourth-order valence-corrected chi connectivity index (χ4v) is 3.64. The van der Waals surface area contributed by atoms with Crippen LogP contribution >= 0.6 is 0 Å². The van der Waals surface area contributed by atoms with Gasteiger partial charge in [0.05, 0.1) is 12.7 Å². The van der Waals surface area contributed by atoms with Gasteiger partial charge >= 0.3 is 5.97 Å². The Balaban J connectivity index is 1.41. The molecule has 1 amide bonds. The molecule has 0 aliphatic carbocycles. The maximum absolute atomic E-state index is 12.3. The average molecular weight is 423 g/mol. The summed E-state index contributed by atoms with van der Waals surface area (Å²) >= 11 is 0. The minimum atomic E-state index is -0.346. The van der Waals surface area contributed by atoms with Crippen LogP contribution in [0.3, 0.4) is 0 Å². The third-order valence-electron chi connectivity index (χ3n) is 5.42. The summed E-state index contributed by atoms with van der Waals surface area (Å²) in [6.07, 6.45) is 1.44. The highest BCUT2D eigenvalue weighted by Gasteiger charge is 2.29. The Hall–Kier alpha value is -3.35. The van der Waals surface area contributed by atoms with E-state index in [1.807, 2.05) is 35.2 Å². The Morgan fingerprint density at radius 2 is 1.84 bits per heavy atom. The van der Waals surface area contributed by atoms with Crippen LogP contribution in [0, 0.1) is 5.92 Å². The Kier molecular flexibility index (Phi) is 8.04. The molecular formula is C24H30N4O3. The molecule has 3 rings (SSSR count). The smallest absolute Gasteiger partial charge is 0.337 e. The van der Waals surface area contributed by atoms with Crippen molar-refractivity contribution < 1.29 is 14.3 Å². The fraction of sp³-hybridized carbons (Fsp3) is 0.375. The van der Waals surface area contributed by atoms with Crippen LogP contribution in [0.4, 0.5) is 0 Å². The van der Waals surface area contributed by atoms with E-state index in [9.17, 15) is 9.59 Å². The number of carbonyl (C=O) groups excluding carboxylic acids is 2. The highest BCUT2D eigenvalue weighted by Crippen LogP contribution is 2.17. The van der Waals surface area contributed by atoms with E-state index < -0.39 is 0 Å². The summed E-state index contributed by atoms with van der Waals surface area (Å²) in [4.78, 5) is 30.1. The molecule has 1 atom stereocenters. The molecule has 1 aliphatic rings. The number of ether oxygens (including phenoxy) is 1. The van der Waals surface area contributed by atoms with Crippen molar-refractivity contribution in [3.05, 3.63) is 71.3 Å².